The number of methoxy groups -OCH3 is 1. The van der Waals surface area contributed by atoms with Crippen LogP contribution in [0.5, 0.6) is 5.75 Å². The highest BCUT2D eigenvalue weighted by atomic mass is 32.2. The quantitative estimate of drug-likeness (QED) is 0.260. The third-order valence-electron chi connectivity index (χ3n) is 7.50. The largest absolute Gasteiger partial charge is 0.496 e. The highest BCUT2D eigenvalue weighted by Gasteiger charge is 2.33. The van der Waals surface area contributed by atoms with Crippen LogP contribution in [0.1, 0.15) is 44.1 Å². The van der Waals surface area contributed by atoms with Gasteiger partial charge in [-0.25, -0.2) is 8.42 Å². The number of nitrogens with zero attached hydrogens (tertiary/aromatic N) is 3. The Labute approximate surface area is 235 Å². The summed E-state index contributed by atoms with van der Waals surface area (Å²) in [5, 5.41) is 4.25. The number of benzene rings is 2. The van der Waals surface area contributed by atoms with Gasteiger partial charge in [-0.2, -0.15) is 0 Å². The van der Waals surface area contributed by atoms with Crippen molar-refractivity contribution in [3.63, 3.8) is 0 Å². The molecule has 202 valence electrons. The van der Waals surface area contributed by atoms with E-state index in [1.807, 2.05) is 34.9 Å². The van der Waals surface area contributed by atoms with Gasteiger partial charge in [0.15, 0.2) is 9.84 Å². The SMILES string of the molecule is [2H]C([2H])([2H])c1onc(C)c1-c1cnc2c3c(OC)ccc(S(=O)(=O)C([2H])([2H])[2H])c3n([C@H](c3ccccc3)C3CCOCC3)c2c1. The lowest BCUT2D eigenvalue weighted by Crippen LogP contribution is -2.27. The van der Waals surface area contributed by atoms with E-state index in [1.54, 1.807) is 13.0 Å². The molecule has 1 atom stereocenters. The molecule has 0 unspecified atom stereocenters. The molecule has 8 nitrogen and oxygen atoms in total. The summed E-state index contributed by atoms with van der Waals surface area (Å²) in [7, 11) is -3.41. The van der Waals surface area contributed by atoms with Crippen molar-refractivity contribution in [2.75, 3.05) is 26.5 Å². The smallest absolute Gasteiger partial charge is 0.177 e. The van der Waals surface area contributed by atoms with Crippen LogP contribution < -0.4 is 4.74 Å². The third-order valence-corrected chi connectivity index (χ3v) is 8.41. The van der Waals surface area contributed by atoms with Crippen molar-refractivity contribution in [2.45, 2.75) is 37.6 Å². The number of aromatic nitrogens is 3. The number of hydrogen-bond acceptors (Lipinski definition) is 7. The summed E-state index contributed by atoms with van der Waals surface area (Å²) >= 11 is 0. The number of hydrogen-bond donors (Lipinski definition) is 0. The van der Waals surface area contributed by atoms with Gasteiger partial charge in [-0.3, -0.25) is 4.98 Å². The first-order valence-corrected chi connectivity index (χ1v) is 14.1. The van der Waals surface area contributed by atoms with Crippen LogP contribution in [0.4, 0.5) is 0 Å². The lowest BCUT2D eigenvalue weighted by atomic mass is 9.86. The van der Waals surface area contributed by atoms with Gasteiger partial charge in [0, 0.05) is 44.9 Å². The minimum absolute atomic E-state index is 0.0339. The van der Waals surface area contributed by atoms with Gasteiger partial charge in [-0.05, 0) is 56.3 Å². The van der Waals surface area contributed by atoms with Crippen molar-refractivity contribution in [3.8, 4) is 16.9 Å². The first-order chi connectivity index (χ1) is 21.3. The predicted octanol–water partition coefficient (Wildman–Crippen LogP) is 5.89. The molecule has 2 aromatic carbocycles. The van der Waals surface area contributed by atoms with E-state index in [9.17, 15) is 8.42 Å². The van der Waals surface area contributed by atoms with E-state index in [-0.39, 0.29) is 27.7 Å². The van der Waals surface area contributed by atoms with E-state index in [0.29, 0.717) is 59.5 Å². The Kier molecular flexibility index (Phi) is 4.87. The maximum atomic E-state index is 13.7. The molecule has 1 fully saturated rings. The van der Waals surface area contributed by atoms with Gasteiger partial charge in [-0.1, -0.05) is 35.5 Å². The second kappa shape index (κ2) is 9.81. The van der Waals surface area contributed by atoms with Gasteiger partial charge in [0.05, 0.1) is 45.7 Å². The molecule has 5 aromatic rings. The van der Waals surface area contributed by atoms with Crippen LogP contribution >= 0.6 is 0 Å². The average Bonchev–Trinajstić information content (AvgIpc) is 3.56. The topological polar surface area (TPSA) is 96.5 Å². The van der Waals surface area contributed by atoms with Gasteiger partial charge in [0.1, 0.15) is 11.5 Å². The molecule has 0 bridgehead atoms. The number of ether oxygens (including phenoxy) is 2. The molecule has 0 saturated carbocycles. The Balaban J connectivity index is 1.81. The van der Waals surface area contributed by atoms with Crippen LogP contribution in [0.25, 0.3) is 33.1 Å². The highest BCUT2D eigenvalue weighted by molar-refractivity contribution is 7.91. The maximum absolute atomic E-state index is 13.7. The molecule has 3 aromatic heterocycles. The van der Waals surface area contributed by atoms with Crippen molar-refractivity contribution >= 4 is 31.8 Å². The summed E-state index contributed by atoms with van der Waals surface area (Å²) in [6.07, 6.45) is -0.541. The number of pyridine rings is 1. The molecular weight excluding hydrogens is 514 g/mol. The number of sulfone groups is 1. The van der Waals surface area contributed by atoms with Gasteiger partial charge in [0.25, 0.3) is 0 Å². The van der Waals surface area contributed by atoms with Crippen LogP contribution in [-0.4, -0.2) is 49.6 Å². The van der Waals surface area contributed by atoms with Gasteiger partial charge >= 0.3 is 0 Å². The van der Waals surface area contributed by atoms with E-state index in [0.717, 1.165) is 5.56 Å². The Morgan fingerprint density at radius 1 is 1.15 bits per heavy atom. The van der Waals surface area contributed by atoms with Crippen LogP contribution in [0.3, 0.4) is 0 Å². The summed E-state index contributed by atoms with van der Waals surface area (Å²) in [4.78, 5) is 4.37. The Morgan fingerprint density at radius 2 is 1.95 bits per heavy atom. The predicted molar refractivity (Wildman–Crippen MR) is 150 cm³/mol. The highest BCUT2D eigenvalue weighted by Crippen LogP contribution is 2.45. The summed E-state index contributed by atoms with van der Waals surface area (Å²) in [5.74, 6) is -0.0221. The van der Waals surface area contributed by atoms with Crippen molar-refractivity contribution in [2.24, 2.45) is 5.92 Å². The van der Waals surface area contributed by atoms with Crippen molar-refractivity contribution in [3.05, 3.63) is 71.7 Å². The third kappa shape index (κ3) is 4.30. The monoisotopic (exact) mass is 551 g/mol. The van der Waals surface area contributed by atoms with Crippen molar-refractivity contribution < 1.29 is 30.6 Å². The summed E-state index contributed by atoms with van der Waals surface area (Å²) in [5.41, 5.74) is 2.84. The van der Waals surface area contributed by atoms with Crippen LogP contribution in [0, 0.1) is 19.7 Å². The average molecular weight is 552 g/mol. The van der Waals surface area contributed by atoms with Crippen molar-refractivity contribution in [1.82, 2.24) is 14.7 Å². The van der Waals surface area contributed by atoms with E-state index < -0.39 is 28.9 Å². The van der Waals surface area contributed by atoms with Crippen LogP contribution in [0.2, 0.25) is 0 Å². The fraction of sp³-hybridized carbons (Fsp3) is 0.333. The number of rotatable bonds is 6. The minimum Gasteiger partial charge on any atom is -0.496 e. The van der Waals surface area contributed by atoms with Crippen LogP contribution in [0.15, 0.2) is 64.1 Å². The zero-order valence-electron chi connectivity index (χ0n) is 27.5. The second-order valence-electron chi connectivity index (χ2n) is 9.73. The van der Waals surface area contributed by atoms with Crippen molar-refractivity contribution in [1.29, 1.82) is 0 Å². The minimum atomic E-state index is -4.86. The van der Waals surface area contributed by atoms with Crippen LogP contribution in [-0.2, 0) is 14.6 Å². The molecule has 6 rings (SSSR count). The molecule has 0 N–H and O–H groups in total. The zero-order chi connectivity index (χ0) is 32.3. The summed E-state index contributed by atoms with van der Waals surface area (Å²) < 4.78 is 93.9. The molecule has 9 heteroatoms. The van der Waals surface area contributed by atoms with E-state index >= 15 is 0 Å². The lowest BCUT2D eigenvalue weighted by molar-refractivity contribution is 0.0552. The molecule has 1 aliphatic rings. The Hall–Kier alpha value is -3.69. The number of fused-ring (bicyclic) bond motifs is 3. The normalized spacial score (nSPS) is 18.6. The van der Waals surface area contributed by atoms with Gasteiger partial charge in [-0.15, -0.1) is 0 Å². The maximum Gasteiger partial charge on any atom is 0.177 e. The Morgan fingerprint density at radius 3 is 2.67 bits per heavy atom. The molecule has 0 radical (unpaired) electrons. The second-order valence-corrected chi connectivity index (χ2v) is 11.2. The fourth-order valence-electron chi connectivity index (χ4n) is 5.81. The first kappa shape index (κ1) is 19.4. The van der Waals surface area contributed by atoms with Gasteiger partial charge in [0.2, 0.25) is 0 Å². The standard InChI is InChI=1S/C30H31N3O5S/c1-18-26(19(2)38-32-18)22-16-23-28(31-17-22)27-24(36-3)10-11-25(39(4,34)35)30(27)33(23)29(20-8-6-5-7-9-20)21-12-14-37-15-13-21/h5-11,16-17,21,29H,12-15H2,1-4H3/t29-/m1/s1/i2D3,4D3. The lowest BCUT2D eigenvalue weighted by Gasteiger charge is -2.33. The molecule has 39 heavy (non-hydrogen) atoms. The summed E-state index contributed by atoms with van der Waals surface area (Å²) in [6, 6.07) is 13.5. The molecular formula is C30H31N3O5S. The van der Waals surface area contributed by atoms with Gasteiger partial charge < -0.3 is 18.6 Å². The van der Waals surface area contributed by atoms with E-state index in [4.69, 9.17) is 27.2 Å². The molecule has 0 spiro atoms. The first-order valence-electron chi connectivity index (χ1n) is 15.6. The fourth-order valence-corrected chi connectivity index (χ4v) is 6.51. The molecule has 0 amide bonds. The summed E-state index contributed by atoms with van der Waals surface area (Å²) in [6.45, 7) is 0.0319. The molecule has 4 heterocycles. The number of aryl methyl sites for hydroxylation is 2. The zero-order valence-corrected chi connectivity index (χ0v) is 22.3. The Bertz CT molecular complexity index is 2000. The molecule has 1 saturated heterocycles. The molecule has 1 aliphatic heterocycles. The molecule has 0 aliphatic carbocycles. The van der Waals surface area contributed by atoms with E-state index in [2.05, 4.69) is 5.16 Å². The van der Waals surface area contributed by atoms with E-state index in [1.165, 1.54) is 25.4 Å².